The lowest BCUT2D eigenvalue weighted by molar-refractivity contribution is 0.252. The normalized spacial score (nSPS) is 17.6. The van der Waals surface area contributed by atoms with Gasteiger partial charge in [0.2, 0.25) is 0 Å². The van der Waals surface area contributed by atoms with E-state index in [2.05, 4.69) is 140 Å². The van der Waals surface area contributed by atoms with Crippen molar-refractivity contribution in [3.05, 3.63) is 161 Å². The Kier molecular flexibility index (Phi) is 6.50. The lowest BCUT2D eigenvalue weighted by Gasteiger charge is -2.24. The van der Waals surface area contributed by atoms with Gasteiger partial charge in [0.15, 0.2) is 0 Å². The van der Waals surface area contributed by atoms with Crippen molar-refractivity contribution in [1.29, 1.82) is 0 Å². The number of furan rings is 1. The van der Waals surface area contributed by atoms with E-state index in [1.165, 1.54) is 60.5 Å². The number of benzene rings is 5. The van der Waals surface area contributed by atoms with Crippen LogP contribution in [0.5, 0.6) is 5.75 Å². The van der Waals surface area contributed by atoms with Crippen LogP contribution in [0.4, 0.5) is 0 Å². The molecule has 0 amide bonds. The predicted octanol–water partition coefficient (Wildman–Crippen LogP) is 11.8. The predicted molar refractivity (Wildman–Crippen MR) is 198 cm³/mol. The monoisotopic (exact) mass is 606 g/mol. The molecule has 2 nitrogen and oxygen atoms in total. The van der Waals surface area contributed by atoms with Crippen LogP contribution in [0.25, 0.3) is 68.1 Å². The molecule has 5 aromatic carbocycles. The largest absolute Gasteiger partial charge is 0.485 e. The van der Waals surface area contributed by atoms with E-state index in [-0.39, 0.29) is 12.0 Å². The molecular formula is C45H34O2. The molecule has 0 spiro atoms. The van der Waals surface area contributed by atoms with Crippen molar-refractivity contribution in [3.63, 3.8) is 0 Å². The summed E-state index contributed by atoms with van der Waals surface area (Å²) in [6.07, 6.45) is 20.9. The fourth-order valence-corrected chi connectivity index (χ4v) is 8.14. The minimum Gasteiger partial charge on any atom is -0.485 e. The lowest BCUT2D eigenvalue weighted by atomic mass is 9.79. The number of ether oxygens (including phenoxy) is 1. The molecule has 0 N–H and O–H groups in total. The molecule has 47 heavy (non-hydrogen) atoms. The van der Waals surface area contributed by atoms with E-state index < -0.39 is 0 Å². The average Bonchev–Trinajstić information content (AvgIpc) is 3.43. The van der Waals surface area contributed by atoms with Gasteiger partial charge in [-0.05, 0) is 86.5 Å². The van der Waals surface area contributed by atoms with E-state index in [4.69, 9.17) is 9.15 Å². The van der Waals surface area contributed by atoms with E-state index in [0.717, 1.165) is 41.2 Å². The number of rotatable bonds is 4. The third-order valence-corrected chi connectivity index (χ3v) is 10.1. The highest BCUT2D eigenvalue weighted by Gasteiger charge is 2.39. The average molecular weight is 607 g/mol. The van der Waals surface area contributed by atoms with Crippen LogP contribution in [-0.2, 0) is 12.8 Å². The van der Waals surface area contributed by atoms with Gasteiger partial charge in [-0.15, -0.1) is 0 Å². The third-order valence-electron chi connectivity index (χ3n) is 10.1. The van der Waals surface area contributed by atoms with Gasteiger partial charge in [-0.25, -0.2) is 0 Å². The summed E-state index contributed by atoms with van der Waals surface area (Å²) in [4.78, 5) is 0. The van der Waals surface area contributed by atoms with Crippen LogP contribution in [0, 0.1) is 0 Å². The van der Waals surface area contributed by atoms with Gasteiger partial charge in [-0.3, -0.25) is 0 Å². The summed E-state index contributed by atoms with van der Waals surface area (Å²) in [7, 11) is 0. The van der Waals surface area contributed by atoms with Crippen LogP contribution in [0.1, 0.15) is 52.2 Å². The zero-order chi connectivity index (χ0) is 31.5. The summed E-state index contributed by atoms with van der Waals surface area (Å²) in [5.74, 6) is 2.88. The number of allylic oxidation sites excluding steroid dienone is 4. The van der Waals surface area contributed by atoms with Crippen molar-refractivity contribution in [1.82, 2.24) is 0 Å². The SMILES string of the molecule is C=Cc1oc2c(c1/C=C\C)C=CC1Oc3cccc(-c4c5c(c(-c6cccc7ccccc67)c6ccccc46)CC=CC=C5)c3C1C2. The smallest absolute Gasteiger partial charge is 0.134 e. The standard InChI is InChI=1S/C45H34O2/c1-3-14-30-31-25-26-40-38(27-42(31)46-39(30)4-2)45-37(23-13-24-41(45)47-40)44-35-19-7-5-6-18-33(35)43(34-20-10-11-21-36(34)44)32-22-12-16-28-15-8-9-17-29(28)32/h3-17,19-26,38,40H,2,18,27H2,1H3/b14-3-. The first-order valence-electron chi connectivity index (χ1n) is 16.5. The quantitative estimate of drug-likeness (QED) is 0.199. The molecule has 9 rings (SSSR count). The van der Waals surface area contributed by atoms with Crippen molar-refractivity contribution < 1.29 is 9.15 Å². The van der Waals surface area contributed by atoms with Crippen LogP contribution >= 0.6 is 0 Å². The molecule has 2 heteroatoms. The maximum atomic E-state index is 6.74. The number of hydrogen-bond acceptors (Lipinski definition) is 2. The molecule has 226 valence electrons. The Balaban J connectivity index is 1.31. The Labute approximate surface area is 275 Å². The second-order valence-electron chi connectivity index (χ2n) is 12.6. The van der Waals surface area contributed by atoms with Gasteiger partial charge in [0.25, 0.3) is 0 Å². The van der Waals surface area contributed by atoms with Crippen LogP contribution in [0.3, 0.4) is 0 Å². The van der Waals surface area contributed by atoms with Crippen molar-refractivity contribution in [2.75, 3.05) is 0 Å². The Morgan fingerprint density at radius 2 is 1.53 bits per heavy atom. The van der Waals surface area contributed by atoms with Crippen molar-refractivity contribution in [3.8, 4) is 28.0 Å². The van der Waals surface area contributed by atoms with Crippen LogP contribution in [0.15, 0.2) is 126 Å². The molecular weight excluding hydrogens is 572 g/mol. The van der Waals surface area contributed by atoms with Gasteiger partial charge in [0.1, 0.15) is 23.4 Å². The molecule has 2 atom stereocenters. The maximum absolute atomic E-state index is 6.74. The summed E-state index contributed by atoms with van der Waals surface area (Å²) < 4.78 is 13.2. The van der Waals surface area contributed by atoms with Gasteiger partial charge in [0.05, 0.1) is 0 Å². The lowest BCUT2D eigenvalue weighted by Crippen LogP contribution is -2.17. The van der Waals surface area contributed by atoms with E-state index in [1.54, 1.807) is 0 Å². The zero-order valence-electron chi connectivity index (χ0n) is 26.4. The number of hydrogen-bond donors (Lipinski definition) is 0. The maximum Gasteiger partial charge on any atom is 0.134 e. The molecule has 0 saturated carbocycles. The van der Waals surface area contributed by atoms with E-state index >= 15 is 0 Å². The van der Waals surface area contributed by atoms with Gasteiger partial charge in [-0.1, -0.05) is 128 Å². The molecule has 0 fully saturated rings. The Morgan fingerprint density at radius 3 is 2.38 bits per heavy atom. The summed E-state index contributed by atoms with van der Waals surface area (Å²) in [6, 6.07) is 31.0. The summed E-state index contributed by atoms with van der Waals surface area (Å²) in [6.45, 7) is 6.07. The van der Waals surface area contributed by atoms with Crippen molar-refractivity contribution in [2.24, 2.45) is 0 Å². The minimum atomic E-state index is -0.0728. The first kappa shape index (κ1) is 27.7. The van der Waals surface area contributed by atoms with E-state index in [1.807, 2.05) is 13.0 Å². The minimum absolute atomic E-state index is 0.0728. The van der Waals surface area contributed by atoms with E-state index in [9.17, 15) is 0 Å². The molecule has 0 bridgehead atoms. The Hall–Kier alpha value is -5.60. The second kappa shape index (κ2) is 11.0. The number of fused-ring (bicyclic) bond motifs is 7. The molecule has 6 aromatic rings. The molecule has 3 aliphatic rings. The fourth-order valence-electron chi connectivity index (χ4n) is 8.14. The van der Waals surface area contributed by atoms with Crippen molar-refractivity contribution in [2.45, 2.75) is 31.8 Å². The highest BCUT2D eigenvalue weighted by atomic mass is 16.5. The highest BCUT2D eigenvalue weighted by molar-refractivity contribution is 6.14. The first-order chi connectivity index (χ1) is 23.2. The van der Waals surface area contributed by atoms with Crippen LogP contribution in [0.2, 0.25) is 0 Å². The third kappa shape index (κ3) is 4.25. The molecule has 2 heterocycles. The Morgan fingerprint density at radius 1 is 0.766 bits per heavy atom. The summed E-state index contributed by atoms with van der Waals surface area (Å²) in [5, 5.41) is 5.06. The van der Waals surface area contributed by atoms with Crippen LogP contribution in [-0.4, -0.2) is 6.10 Å². The highest BCUT2D eigenvalue weighted by Crippen LogP contribution is 2.52. The molecule has 2 aliphatic carbocycles. The summed E-state index contributed by atoms with van der Waals surface area (Å²) >= 11 is 0. The van der Waals surface area contributed by atoms with Gasteiger partial charge in [0, 0.05) is 29.0 Å². The van der Waals surface area contributed by atoms with Gasteiger partial charge in [-0.2, -0.15) is 0 Å². The fraction of sp³-hybridized carbons (Fsp3) is 0.111. The molecule has 0 radical (unpaired) electrons. The van der Waals surface area contributed by atoms with Gasteiger partial charge < -0.3 is 9.15 Å². The van der Waals surface area contributed by atoms with E-state index in [0.29, 0.717) is 0 Å². The molecule has 1 aliphatic heterocycles. The topological polar surface area (TPSA) is 22.4 Å². The first-order valence-corrected chi connectivity index (χ1v) is 16.5. The molecule has 0 saturated heterocycles. The molecule has 2 unspecified atom stereocenters. The summed E-state index contributed by atoms with van der Waals surface area (Å²) in [5.41, 5.74) is 11.2. The zero-order valence-corrected chi connectivity index (χ0v) is 26.4. The van der Waals surface area contributed by atoms with Crippen LogP contribution < -0.4 is 4.74 Å². The van der Waals surface area contributed by atoms with Gasteiger partial charge >= 0.3 is 0 Å². The molecule has 1 aromatic heterocycles. The van der Waals surface area contributed by atoms with Crippen molar-refractivity contribution >= 4 is 45.8 Å². The second-order valence-corrected chi connectivity index (χ2v) is 12.6. The Bertz CT molecular complexity index is 2370.